The Morgan fingerprint density at radius 1 is 1.17 bits per heavy atom. The van der Waals surface area contributed by atoms with Crippen LogP contribution in [0.5, 0.6) is 5.75 Å². The van der Waals surface area contributed by atoms with Gasteiger partial charge >= 0.3 is 0 Å². The van der Waals surface area contributed by atoms with Crippen LogP contribution in [0.3, 0.4) is 0 Å². The Morgan fingerprint density at radius 2 is 1.83 bits per heavy atom. The van der Waals surface area contributed by atoms with Gasteiger partial charge in [-0.1, -0.05) is 13.0 Å². The number of aromatic hydroxyl groups is 1. The number of halogens is 1. The Hall–Kier alpha value is -0.580. The van der Waals surface area contributed by atoms with E-state index < -0.39 is 0 Å². The van der Waals surface area contributed by atoms with Crippen molar-refractivity contribution in [3.63, 3.8) is 0 Å². The molecule has 4 heteroatoms. The van der Waals surface area contributed by atoms with Crippen LogP contribution in [0.15, 0.2) is 22.7 Å². The van der Waals surface area contributed by atoms with E-state index >= 15 is 0 Å². The van der Waals surface area contributed by atoms with Crippen LogP contribution in [-0.2, 0) is 6.54 Å². The Bertz CT molecular complexity index is 389. The third-order valence-electron chi connectivity index (χ3n) is 3.42. The first-order valence-corrected chi connectivity index (χ1v) is 7.40. The lowest BCUT2D eigenvalue weighted by molar-refractivity contribution is 0.127. The fourth-order valence-electron chi connectivity index (χ4n) is 2.39. The van der Waals surface area contributed by atoms with Crippen LogP contribution in [0, 0.1) is 0 Å². The van der Waals surface area contributed by atoms with E-state index in [1.807, 2.05) is 12.1 Å². The SMILES string of the molecule is CCCN1CCN(Cc2ccc(O)c(Br)c2)CC1. The van der Waals surface area contributed by atoms with E-state index in [9.17, 15) is 5.11 Å². The van der Waals surface area contributed by atoms with Crippen molar-refractivity contribution in [1.82, 2.24) is 9.80 Å². The summed E-state index contributed by atoms with van der Waals surface area (Å²) in [6.45, 7) is 9.05. The summed E-state index contributed by atoms with van der Waals surface area (Å²) in [6.07, 6.45) is 1.24. The molecule has 0 unspecified atom stereocenters. The Labute approximate surface area is 118 Å². The maximum absolute atomic E-state index is 9.48. The zero-order valence-corrected chi connectivity index (χ0v) is 12.5. The molecule has 1 fully saturated rings. The molecule has 0 spiro atoms. The molecule has 1 heterocycles. The highest BCUT2D eigenvalue weighted by Gasteiger charge is 2.16. The Balaban J connectivity index is 1.85. The molecule has 3 nitrogen and oxygen atoms in total. The summed E-state index contributed by atoms with van der Waals surface area (Å²) in [5, 5.41) is 9.48. The summed E-state index contributed by atoms with van der Waals surface area (Å²) in [5.74, 6) is 0.312. The quantitative estimate of drug-likeness (QED) is 0.926. The summed E-state index contributed by atoms with van der Waals surface area (Å²) < 4.78 is 0.782. The topological polar surface area (TPSA) is 26.7 Å². The zero-order chi connectivity index (χ0) is 13.0. The van der Waals surface area contributed by atoms with Crippen molar-refractivity contribution < 1.29 is 5.11 Å². The van der Waals surface area contributed by atoms with E-state index in [2.05, 4.69) is 32.7 Å². The third-order valence-corrected chi connectivity index (χ3v) is 4.06. The first-order valence-electron chi connectivity index (χ1n) is 6.61. The van der Waals surface area contributed by atoms with Gasteiger partial charge in [0.25, 0.3) is 0 Å². The average Bonchev–Trinajstić information content (AvgIpc) is 2.37. The van der Waals surface area contributed by atoms with Crippen molar-refractivity contribution in [3.05, 3.63) is 28.2 Å². The monoisotopic (exact) mass is 312 g/mol. The Kier molecular flexibility index (Phi) is 5.03. The summed E-state index contributed by atoms with van der Waals surface area (Å²) >= 11 is 3.36. The molecule has 0 aliphatic carbocycles. The molecule has 1 aromatic rings. The van der Waals surface area contributed by atoms with E-state index in [1.54, 1.807) is 6.07 Å². The van der Waals surface area contributed by atoms with Crippen molar-refractivity contribution in [1.29, 1.82) is 0 Å². The number of phenols is 1. The summed E-state index contributed by atoms with van der Waals surface area (Å²) in [5.41, 5.74) is 1.25. The second-order valence-corrected chi connectivity index (χ2v) is 5.76. The van der Waals surface area contributed by atoms with Crippen molar-refractivity contribution in [3.8, 4) is 5.75 Å². The molecule has 0 saturated carbocycles. The van der Waals surface area contributed by atoms with Gasteiger partial charge < -0.3 is 10.0 Å². The van der Waals surface area contributed by atoms with Crippen molar-refractivity contribution in [2.75, 3.05) is 32.7 Å². The zero-order valence-electron chi connectivity index (χ0n) is 10.9. The van der Waals surface area contributed by atoms with Crippen LogP contribution in [-0.4, -0.2) is 47.6 Å². The van der Waals surface area contributed by atoms with Crippen LogP contribution >= 0.6 is 15.9 Å². The minimum atomic E-state index is 0.312. The van der Waals surface area contributed by atoms with Gasteiger partial charge in [-0.3, -0.25) is 4.90 Å². The first-order chi connectivity index (χ1) is 8.69. The molecule has 0 amide bonds. The highest BCUT2D eigenvalue weighted by molar-refractivity contribution is 9.10. The minimum Gasteiger partial charge on any atom is -0.507 e. The van der Waals surface area contributed by atoms with Gasteiger partial charge in [0.05, 0.1) is 4.47 Å². The highest BCUT2D eigenvalue weighted by Crippen LogP contribution is 2.25. The van der Waals surface area contributed by atoms with Gasteiger partial charge in [-0.05, 0) is 46.6 Å². The lowest BCUT2D eigenvalue weighted by atomic mass is 10.2. The van der Waals surface area contributed by atoms with Crippen molar-refractivity contribution in [2.24, 2.45) is 0 Å². The summed E-state index contributed by atoms with van der Waals surface area (Å²) in [7, 11) is 0. The molecule has 0 radical (unpaired) electrons. The largest absolute Gasteiger partial charge is 0.507 e. The van der Waals surface area contributed by atoms with E-state index in [-0.39, 0.29) is 0 Å². The number of nitrogens with zero attached hydrogens (tertiary/aromatic N) is 2. The molecule has 1 aliphatic heterocycles. The molecule has 1 aliphatic rings. The number of hydrogen-bond donors (Lipinski definition) is 1. The molecule has 1 aromatic carbocycles. The van der Waals surface area contributed by atoms with Gasteiger partial charge in [0.15, 0.2) is 0 Å². The maximum Gasteiger partial charge on any atom is 0.129 e. The van der Waals surface area contributed by atoms with Crippen molar-refractivity contribution in [2.45, 2.75) is 19.9 Å². The second-order valence-electron chi connectivity index (χ2n) is 4.90. The fraction of sp³-hybridized carbons (Fsp3) is 0.571. The number of hydrogen-bond acceptors (Lipinski definition) is 3. The molecule has 0 bridgehead atoms. The number of phenolic OH excluding ortho intramolecular Hbond substituents is 1. The molecule has 1 N–H and O–H groups in total. The van der Waals surface area contributed by atoms with Crippen LogP contribution in [0.2, 0.25) is 0 Å². The van der Waals surface area contributed by atoms with Gasteiger partial charge in [0.1, 0.15) is 5.75 Å². The van der Waals surface area contributed by atoms with Crippen LogP contribution in [0.1, 0.15) is 18.9 Å². The lowest BCUT2D eigenvalue weighted by Crippen LogP contribution is -2.45. The van der Waals surface area contributed by atoms with E-state index in [0.29, 0.717) is 5.75 Å². The van der Waals surface area contributed by atoms with E-state index in [1.165, 1.54) is 31.6 Å². The smallest absolute Gasteiger partial charge is 0.129 e. The Morgan fingerprint density at radius 3 is 2.44 bits per heavy atom. The molecule has 100 valence electrons. The minimum absolute atomic E-state index is 0.312. The number of benzene rings is 1. The van der Waals surface area contributed by atoms with Gasteiger partial charge in [-0.2, -0.15) is 0 Å². The lowest BCUT2D eigenvalue weighted by Gasteiger charge is -2.34. The molecular formula is C14H21BrN2O. The van der Waals surface area contributed by atoms with E-state index in [0.717, 1.165) is 24.1 Å². The molecule has 0 atom stereocenters. The second kappa shape index (κ2) is 6.55. The standard InChI is InChI=1S/C14H21BrN2O/c1-2-5-16-6-8-17(9-7-16)11-12-3-4-14(18)13(15)10-12/h3-4,10,18H,2,5-9,11H2,1H3. The van der Waals surface area contributed by atoms with E-state index in [4.69, 9.17) is 0 Å². The molecule has 18 heavy (non-hydrogen) atoms. The number of rotatable bonds is 4. The average molecular weight is 313 g/mol. The molecular weight excluding hydrogens is 292 g/mol. The van der Waals surface area contributed by atoms with Gasteiger partial charge in [0.2, 0.25) is 0 Å². The summed E-state index contributed by atoms with van der Waals surface area (Å²) in [4.78, 5) is 5.01. The molecule has 0 aromatic heterocycles. The van der Waals surface area contributed by atoms with Crippen LogP contribution < -0.4 is 0 Å². The summed E-state index contributed by atoms with van der Waals surface area (Å²) in [6, 6.07) is 5.76. The van der Waals surface area contributed by atoms with Gasteiger partial charge in [0, 0.05) is 32.7 Å². The first kappa shape index (κ1) is 13.8. The molecule has 2 rings (SSSR count). The maximum atomic E-state index is 9.48. The normalized spacial score (nSPS) is 18.1. The predicted molar refractivity (Wildman–Crippen MR) is 77.8 cm³/mol. The van der Waals surface area contributed by atoms with Gasteiger partial charge in [-0.15, -0.1) is 0 Å². The van der Waals surface area contributed by atoms with Crippen molar-refractivity contribution >= 4 is 15.9 Å². The highest BCUT2D eigenvalue weighted by atomic mass is 79.9. The molecule has 1 saturated heterocycles. The number of piperazine rings is 1. The fourth-order valence-corrected chi connectivity index (χ4v) is 2.82. The predicted octanol–water partition coefficient (Wildman–Crippen LogP) is 2.68. The van der Waals surface area contributed by atoms with Crippen LogP contribution in [0.4, 0.5) is 0 Å². The third kappa shape index (κ3) is 3.70. The van der Waals surface area contributed by atoms with Crippen LogP contribution in [0.25, 0.3) is 0 Å². The van der Waals surface area contributed by atoms with Gasteiger partial charge in [-0.25, -0.2) is 0 Å².